The van der Waals surface area contributed by atoms with E-state index in [0.29, 0.717) is 30.7 Å². The van der Waals surface area contributed by atoms with Gasteiger partial charge in [0.15, 0.2) is 0 Å². The molecule has 0 aromatic heterocycles. The Hall–Kier alpha value is -3.69. The van der Waals surface area contributed by atoms with Crippen LogP contribution < -0.4 is 4.74 Å². The third kappa shape index (κ3) is 7.18. The van der Waals surface area contributed by atoms with E-state index in [1.165, 1.54) is 12.1 Å². The Morgan fingerprint density at radius 1 is 0.838 bits per heavy atom. The highest BCUT2D eigenvalue weighted by Crippen LogP contribution is 2.30. The Morgan fingerprint density at radius 3 is 2.00 bits per heavy atom. The van der Waals surface area contributed by atoms with Crippen molar-refractivity contribution in [3.63, 3.8) is 0 Å². The molecule has 3 aromatic carbocycles. The number of ether oxygens (including phenoxy) is 1. The topological polar surface area (TPSA) is 26.3 Å². The summed E-state index contributed by atoms with van der Waals surface area (Å²) in [7, 11) is 0. The number of benzene rings is 3. The molecular weight excluding hydrogens is 508 g/mol. The smallest absolute Gasteiger partial charge is 0.409 e. The number of unbranched alkanes of at least 4 members (excludes halogenated alkanes) is 2. The van der Waals surface area contributed by atoms with Gasteiger partial charge in [0.05, 0.1) is 0 Å². The number of halogens is 8. The first kappa shape index (κ1) is 27.9. The van der Waals surface area contributed by atoms with Crippen molar-refractivity contribution in [1.29, 1.82) is 0 Å². The van der Waals surface area contributed by atoms with Gasteiger partial charge in [0, 0.05) is 29.3 Å². The molecule has 0 radical (unpaired) electrons. The van der Waals surface area contributed by atoms with Crippen LogP contribution in [0.1, 0.15) is 47.7 Å². The molecule has 0 aliphatic carbocycles. The summed E-state index contributed by atoms with van der Waals surface area (Å²) < 4.78 is 113. The number of aryl methyl sites for hydroxylation is 1. The Labute approximate surface area is 207 Å². The molecule has 0 heterocycles. The fourth-order valence-electron chi connectivity index (χ4n) is 3.57. The number of esters is 1. The standard InChI is InChI=1S/C27H20F8O2/c1-2-3-4-5-15-6-7-18(20(28)10-15)16-11-23(31)25(24(32)12-16)26(36)37-17-13-21(29)19(22(30)14-17)8-9-27(33,34)35/h6-14H,2-5H2,1H3. The molecule has 0 atom stereocenters. The highest BCUT2D eigenvalue weighted by Gasteiger charge is 2.25. The van der Waals surface area contributed by atoms with E-state index in [1.54, 1.807) is 6.07 Å². The monoisotopic (exact) mass is 528 g/mol. The molecule has 0 bridgehead atoms. The van der Waals surface area contributed by atoms with Crippen LogP contribution in [0.15, 0.2) is 48.5 Å². The van der Waals surface area contributed by atoms with E-state index in [0.717, 1.165) is 24.8 Å². The van der Waals surface area contributed by atoms with Crippen molar-refractivity contribution in [3.8, 4) is 16.9 Å². The normalized spacial score (nSPS) is 11.8. The number of rotatable bonds is 8. The highest BCUT2D eigenvalue weighted by atomic mass is 19.4. The molecular formula is C27H20F8O2. The molecule has 0 N–H and O–H groups in total. The molecule has 0 aliphatic heterocycles. The second-order valence-corrected chi connectivity index (χ2v) is 8.15. The van der Waals surface area contributed by atoms with Gasteiger partial charge in [0.2, 0.25) is 0 Å². The largest absolute Gasteiger partial charge is 0.423 e. The minimum Gasteiger partial charge on any atom is -0.423 e. The summed E-state index contributed by atoms with van der Waals surface area (Å²) in [5.41, 5.74) is -1.85. The lowest BCUT2D eigenvalue weighted by Crippen LogP contribution is -2.14. The number of carbonyl (C=O) groups excluding carboxylic acids is 1. The van der Waals surface area contributed by atoms with E-state index < -0.39 is 64.2 Å². The number of hydrogen-bond donors (Lipinski definition) is 0. The van der Waals surface area contributed by atoms with Gasteiger partial charge in [0.1, 0.15) is 40.4 Å². The van der Waals surface area contributed by atoms with E-state index >= 15 is 0 Å². The van der Waals surface area contributed by atoms with E-state index in [-0.39, 0.29) is 17.2 Å². The van der Waals surface area contributed by atoms with Gasteiger partial charge >= 0.3 is 12.1 Å². The average molecular weight is 528 g/mol. The Kier molecular flexibility index (Phi) is 8.73. The Balaban J connectivity index is 1.83. The second kappa shape index (κ2) is 11.6. The molecule has 0 spiro atoms. The highest BCUT2D eigenvalue weighted by molar-refractivity contribution is 5.92. The van der Waals surface area contributed by atoms with Gasteiger partial charge < -0.3 is 4.74 Å². The lowest BCUT2D eigenvalue weighted by Gasteiger charge is -2.11. The van der Waals surface area contributed by atoms with E-state index in [9.17, 15) is 39.9 Å². The fourth-order valence-corrected chi connectivity index (χ4v) is 3.57. The molecule has 0 saturated carbocycles. The number of hydrogen-bond acceptors (Lipinski definition) is 2. The van der Waals surface area contributed by atoms with Crippen LogP contribution in [0.25, 0.3) is 17.2 Å². The van der Waals surface area contributed by atoms with E-state index in [4.69, 9.17) is 0 Å². The Bertz CT molecular complexity index is 1280. The van der Waals surface area contributed by atoms with Gasteiger partial charge in [0.25, 0.3) is 0 Å². The first-order valence-electron chi connectivity index (χ1n) is 11.1. The number of alkyl halides is 3. The molecule has 0 amide bonds. The molecule has 3 aromatic rings. The summed E-state index contributed by atoms with van der Waals surface area (Å²) in [4.78, 5) is 12.3. The van der Waals surface area contributed by atoms with Crippen LogP contribution in [0.3, 0.4) is 0 Å². The van der Waals surface area contributed by atoms with E-state index in [2.05, 4.69) is 4.74 Å². The molecule has 0 fully saturated rings. The molecule has 10 heteroatoms. The zero-order valence-corrected chi connectivity index (χ0v) is 19.4. The minimum absolute atomic E-state index is 0.108. The van der Waals surface area contributed by atoms with Crippen molar-refractivity contribution in [2.45, 2.75) is 38.8 Å². The maximum atomic E-state index is 14.7. The lowest BCUT2D eigenvalue weighted by atomic mass is 9.99. The minimum atomic E-state index is -4.83. The third-order valence-electron chi connectivity index (χ3n) is 5.36. The molecule has 0 aliphatic rings. The van der Waals surface area contributed by atoms with Gasteiger partial charge in [-0.25, -0.2) is 26.7 Å². The third-order valence-corrected chi connectivity index (χ3v) is 5.36. The molecule has 0 saturated heterocycles. The van der Waals surface area contributed by atoms with Crippen LogP contribution in [-0.4, -0.2) is 12.1 Å². The quantitative estimate of drug-likeness (QED) is 0.127. The zero-order chi connectivity index (χ0) is 27.3. The van der Waals surface area contributed by atoms with E-state index in [1.807, 2.05) is 6.92 Å². The van der Waals surface area contributed by atoms with Gasteiger partial charge in [-0.1, -0.05) is 31.9 Å². The number of allylic oxidation sites excluding steroid dienone is 1. The number of carbonyl (C=O) groups is 1. The van der Waals surface area contributed by atoms with Crippen LogP contribution in [0.2, 0.25) is 0 Å². The van der Waals surface area contributed by atoms with Crippen LogP contribution in [0.5, 0.6) is 5.75 Å². The maximum absolute atomic E-state index is 14.7. The first-order valence-corrected chi connectivity index (χ1v) is 11.1. The summed E-state index contributed by atoms with van der Waals surface area (Å²) >= 11 is 0. The van der Waals surface area contributed by atoms with Crippen LogP contribution in [0, 0.1) is 29.1 Å². The summed E-state index contributed by atoms with van der Waals surface area (Å²) in [6, 6.07) is 6.45. The zero-order valence-electron chi connectivity index (χ0n) is 19.4. The summed E-state index contributed by atoms with van der Waals surface area (Å²) in [5.74, 6) is -9.06. The van der Waals surface area contributed by atoms with Crippen molar-refractivity contribution in [3.05, 3.63) is 94.3 Å². The SMILES string of the molecule is CCCCCc1ccc(-c2cc(F)c(C(=O)Oc3cc(F)c(C=CC(F)(F)F)c(F)c3)c(F)c2)c(F)c1. The van der Waals surface area contributed by atoms with Gasteiger partial charge in [-0.3, -0.25) is 0 Å². The van der Waals surface area contributed by atoms with Crippen molar-refractivity contribution >= 4 is 12.0 Å². The van der Waals surface area contributed by atoms with Gasteiger partial charge in [-0.15, -0.1) is 0 Å². The van der Waals surface area contributed by atoms with Crippen LogP contribution in [0.4, 0.5) is 35.1 Å². The fraction of sp³-hybridized carbons (Fsp3) is 0.222. The molecule has 3 rings (SSSR count). The summed E-state index contributed by atoms with van der Waals surface area (Å²) in [6.45, 7) is 2.03. The second-order valence-electron chi connectivity index (χ2n) is 8.15. The van der Waals surface area contributed by atoms with Crippen molar-refractivity contribution < 1.29 is 44.7 Å². The van der Waals surface area contributed by atoms with Crippen molar-refractivity contribution in [1.82, 2.24) is 0 Å². The van der Waals surface area contributed by atoms with Gasteiger partial charge in [-0.2, -0.15) is 13.2 Å². The molecule has 2 nitrogen and oxygen atoms in total. The first-order chi connectivity index (χ1) is 17.4. The van der Waals surface area contributed by atoms with Crippen LogP contribution >= 0.6 is 0 Å². The molecule has 196 valence electrons. The molecule has 37 heavy (non-hydrogen) atoms. The van der Waals surface area contributed by atoms with Crippen molar-refractivity contribution in [2.24, 2.45) is 0 Å². The predicted octanol–water partition coefficient (Wildman–Crippen LogP) is 8.58. The van der Waals surface area contributed by atoms with Crippen LogP contribution in [-0.2, 0) is 6.42 Å². The average Bonchev–Trinajstić information content (AvgIpc) is 2.77. The van der Waals surface area contributed by atoms with Crippen molar-refractivity contribution in [2.75, 3.05) is 0 Å². The summed E-state index contributed by atoms with van der Waals surface area (Å²) in [5, 5.41) is 0. The predicted molar refractivity (Wildman–Crippen MR) is 121 cm³/mol. The Morgan fingerprint density at radius 2 is 1.46 bits per heavy atom. The maximum Gasteiger partial charge on any atom is 0.409 e. The summed E-state index contributed by atoms with van der Waals surface area (Å²) in [6.07, 6.45) is -1.63. The molecule has 0 unspecified atom stereocenters. The van der Waals surface area contributed by atoms with Gasteiger partial charge in [-0.05, 0) is 48.2 Å². The lowest BCUT2D eigenvalue weighted by molar-refractivity contribution is -0.0790.